The molecule has 3 aromatic rings. The molecule has 4 rings (SSSR count). The number of fused-ring (bicyclic) bond motifs is 1. The number of hydrogen-bond acceptors (Lipinski definition) is 3. The number of benzene rings is 3. The zero-order chi connectivity index (χ0) is 19.8. The Balaban J connectivity index is 2.05. The van der Waals surface area contributed by atoms with Gasteiger partial charge in [-0.15, -0.1) is 0 Å². The summed E-state index contributed by atoms with van der Waals surface area (Å²) in [4.78, 5) is 8.06. The van der Waals surface area contributed by atoms with Crippen molar-refractivity contribution < 1.29 is 0 Å². The number of rotatable bonds is 2. The van der Waals surface area contributed by atoms with Crippen molar-refractivity contribution in [3.63, 3.8) is 0 Å². The molecule has 1 atom stereocenters. The molecule has 1 heterocycles. The average molecular weight is 364 g/mol. The van der Waals surface area contributed by atoms with E-state index in [4.69, 9.17) is 6.57 Å². The third-order valence-corrected chi connectivity index (χ3v) is 5.46. The maximum Gasteiger partial charge on any atom is 0.212 e. The Morgan fingerprint density at radius 3 is 2.39 bits per heavy atom. The third kappa shape index (κ3) is 2.51. The summed E-state index contributed by atoms with van der Waals surface area (Å²) in [6.07, 6.45) is -0.0198. The predicted molar refractivity (Wildman–Crippen MR) is 114 cm³/mol. The van der Waals surface area contributed by atoms with Crippen LogP contribution in [0.4, 0.5) is 22.7 Å². The normalized spacial score (nSPS) is 15.1. The van der Waals surface area contributed by atoms with E-state index in [9.17, 15) is 5.26 Å². The molecule has 0 unspecified atom stereocenters. The maximum absolute atomic E-state index is 9.64. The van der Waals surface area contributed by atoms with E-state index < -0.39 is 0 Å². The van der Waals surface area contributed by atoms with Gasteiger partial charge in [-0.2, -0.15) is 5.26 Å². The Labute approximate surface area is 165 Å². The van der Waals surface area contributed by atoms with Crippen LogP contribution < -0.4 is 9.80 Å². The highest BCUT2D eigenvalue weighted by atomic mass is 15.4. The van der Waals surface area contributed by atoms with Crippen molar-refractivity contribution in [1.29, 1.82) is 5.26 Å². The lowest BCUT2D eigenvalue weighted by Crippen LogP contribution is -2.36. The van der Waals surface area contributed by atoms with Gasteiger partial charge in [0, 0.05) is 12.6 Å². The molecule has 0 saturated heterocycles. The summed E-state index contributed by atoms with van der Waals surface area (Å²) in [5.41, 5.74) is 7.25. The number of hydrogen-bond donors (Lipinski definition) is 0. The molecule has 0 radical (unpaired) electrons. The zero-order valence-corrected chi connectivity index (χ0v) is 16.1. The first-order valence-corrected chi connectivity index (χ1v) is 9.20. The molecular formula is C24H20N4. The third-order valence-electron chi connectivity index (χ3n) is 5.46. The van der Waals surface area contributed by atoms with Crippen LogP contribution in [0.5, 0.6) is 0 Å². The Kier molecular flexibility index (Phi) is 4.26. The maximum atomic E-state index is 9.64. The highest BCUT2D eigenvalue weighted by molar-refractivity contribution is 5.99. The van der Waals surface area contributed by atoms with Gasteiger partial charge in [0.25, 0.3) is 0 Å². The molecule has 0 aliphatic carbocycles. The van der Waals surface area contributed by atoms with Gasteiger partial charge in [0.1, 0.15) is 12.2 Å². The van der Waals surface area contributed by atoms with Crippen molar-refractivity contribution in [2.24, 2.45) is 0 Å². The number of nitriles is 1. The molecule has 4 nitrogen and oxygen atoms in total. The van der Waals surface area contributed by atoms with E-state index in [0.717, 1.165) is 33.8 Å². The van der Waals surface area contributed by atoms with E-state index >= 15 is 0 Å². The molecule has 4 heteroatoms. The van der Waals surface area contributed by atoms with Gasteiger partial charge in [0.2, 0.25) is 5.69 Å². The van der Waals surface area contributed by atoms with Crippen LogP contribution in [0.2, 0.25) is 0 Å². The lowest BCUT2D eigenvalue weighted by Gasteiger charge is -2.31. The van der Waals surface area contributed by atoms with Gasteiger partial charge >= 0.3 is 0 Å². The van der Waals surface area contributed by atoms with E-state index in [0.29, 0.717) is 11.3 Å². The SMILES string of the molecule is [C-]#[N+]c1ccc(C#N)c2c1N(c1c(C)cccc1-c1ccccc1)[C@@H](C)N2C. The molecular weight excluding hydrogens is 344 g/mol. The van der Waals surface area contributed by atoms with Crippen molar-refractivity contribution in [2.45, 2.75) is 20.0 Å². The van der Waals surface area contributed by atoms with Gasteiger partial charge < -0.3 is 9.80 Å². The first-order valence-electron chi connectivity index (χ1n) is 9.20. The lowest BCUT2D eigenvalue weighted by molar-refractivity contribution is 0.733. The minimum absolute atomic E-state index is 0.0198. The molecule has 0 N–H and O–H groups in total. The van der Waals surface area contributed by atoms with Crippen LogP contribution in [0.3, 0.4) is 0 Å². The van der Waals surface area contributed by atoms with Crippen LogP contribution in [0.25, 0.3) is 16.0 Å². The summed E-state index contributed by atoms with van der Waals surface area (Å²) in [6.45, 7) is 11.9. The quantitative estimate of drug-likeness (QED) is 0.522. The Bertz CT molecular complexity index is 1140. The van der Waals surface area contributed by atoms with Crippen molar-refractivity contribution >= 4 is 22.7 Å². The lowest BCUT2D eigenvalue weighted by atomic mass is 9.98. The van der Waals surface area contributed by atoms with E-state index in [1.807, 2.05) is 25.2 Å². The Hall–Kier alpha value is -3.76. The fourth-order valence-corrected chi connectivity index (χ4v) is 4.02. The molecule has 136 valence electrons. The smallest absolute Gasteiger partial charge is 0.212 e. The van der Waals surface area contributed by atoms with Crippen LogP contribution in [-0.4, -0.2) is 13.2 Å². The fraction of sp³-hybridized carbons (Fsp3) is 0.167. The summed E-state index contributed by atoms with van der Waals surface area (Å²) in [5, 5.41) is 9.64. The number of anilines is 3. The molecule has 0 amide bonds. The molecule has 0 saturated carbocycles. The summed E-state index contributed by atoms with van der Waals surface area (Å²) in [6, 6.07) is 22.4. The average Bonchev–Trinajstić information content (AvgIpc) is 2.99. The molecule has 0 aromatic heterocycles. The molecule has 1 aliphatic rings. The Morgan fingerprint density at radius 1 is 0.964 bits per heavy atom. The molecule has 0 fully saturated rings. The van der Waals surface area contributed by atoms with Crippen molar-refractivity contribution in [3.05, 3.63) is 83.2 Å². The second-order valence-corrected chi connectivity index (χ2v) is 7.00. The van der Waals surface area contributed by atoms with Gasteiger partial charge in [-0.3, -0.25) is 0 Å². The highest BCUT2D eigenvalue weighted by Gasteiger charge is 2.37. The van der Waals surface area contributed by atoms with Crippen molar-refractivity contribution in [1.82, 2.24) is 0 Å². The fourth-order valence-electron chi connectivity index (χ4n) is 4.02. The summed E-state index contributed by atoms with van der Waals surface area (Å²) < 4.78 is 0. The van der Waals surface area contributed by atoms with Gasteiger partial charge in [-0.1, -0.05) is 60.7 Å². The van der Waals surface area contributed by atoms with Gasteiger partial charge in [-0.05, 0) is 25.0 Å². The summed E-state index contributed by atoms with van der Waals surface area (Å²) in [7, 11) is 1.98. The van der Waals surface area contributed by atoms with Crippen molar-refractivity contribution in [2.75, 3.05) is 16.8 Å². The van der Waals surface area contributed by atoms with Crippen LogP contribution >= 0.6 is 0 Å². The number of para-hydroxylation sites is 1. The van der Waals surface area contributed by atoms with Gasteiger partial charge in [0.05, 0.1) is 29.2 Å². The predicted octanol–water partition coefficient (Wildman–Crippen LogP) is 6.02. The van der Waals surface area contributed by atoms with Crippen molar-refractivity contribution in [3.8, 4) is 17.2 Å². The molecule has 1 aliphatic heterocycles. The topological polar surface area (TPSA) is 34.6 Å². The first-order chi connectivity index (χ1) is 13.6. The highest BCUT2D eigenvalue weighted by Crippen LogP contribution is 2.53. The Morgan fingerprint density at radius 2 is 1.71 bits per heavy atom. The molecule has 0 bridgehead atoms. The van der Waals surface area contributed by atoms with Crippen LogP contribution in [-0.2, 0) is 0 Å². The van der Waals surface area contributed by atoms with E-state index in [1.54, 1.807) is 12.1 Å². The first kappa shape index (κ1) is 17.6. The second-order valence-electron chi connectivity index (χ2n) is 7.00. The van der Waals surface area contributed by atoms with Gasteiger partial charge in [0.15, 0.2) is 0 Å². The largest absolute Gasteiger partial charge is 0.353 e. The summed E-state index contributed by atoms with van der Waals surface area (Å²) >= 11 is 0. The molecule has 3 aromatic carbocycles. The number of nitrogens with zero attached hydrogens (tertiary/aromatic N) is 4. The zero-order valence-electron chi connectivity index (χ0n) is 16.1. The minimum atomic E-state index is -0.0198. The van der Waals surface area contributed by atoms with Crippen LogP contribution in [0, 0.1) is 24.8 Å². The monoisotopic (exact) mass is 364 g/mol. The summed E-state index contributed by atoms with van der Waals surface area (Å²) in [5.74, 6) is 0. The standard InChI is InChI=1S/C24H20N4/c1-16-9-8-12-20(18-10-6-5-7-11-18)22(16)28-17(2)27(4)23-19(15-25)13-14-21(26-3)24(23)28/h5-14,17H,1-2,4H3/t17-/m0/s1. The van der Waals surface area contributed by atoms with E-state index in [1.165, 1.54) is 0 Å². The minimum Gasteiger partial charge on any atom is -0.353 e. The number of aryl methyl sites for hydroxylation is 1. The van der Waals surface area contributed by atoms with E-state index in [-0.39, 0.29) is 6.17 Å². The van der Waals surface area contributed by atoms with Gasteiger partial charge in [-0.25, -0.2) is 4.85 Å². The molecule has 28 heavy (non-hydrogen) atoms. The van der Waals surface area contributed by atoms with E-state index in [2.05, 4.69) is 64.9 Å². The second kappa shape index (κ2) is 6.76. The van der Waals surface area contributed by atoms with Crippen LogP contribution in [0.1, 0.15) is 18.1 Å². The molecule has 0 spiro atoms. The van der Waals surface area contributed by atoms with Crippen LogP contribution in [0.15, 0.2) is 60.7 Å².